The van der Waals surface area contributed by atoms with Gasteiger partial charge in [0, 0.05) is 51.4 Å². The van der Waals surface area contributed by atoms with Gasteiger partial charge in [0.1, 0.15) is 18.0 Å². The molecule has 132 valence electrons. The van der Waals surface area contributed by atoms with Gasteiger partial charge >= 0.3 is 0 Å². The average molecular weight is 331 g/mol. The Hall–Kier alpha value is -1.40. The molecule has 1 aromatic heterocycles. The van der Waals surface area contributed by atoms with Crippen LogP contribution in [0.4, 0.5) is 11.6 Å². The first-order valence-electron chi connectivity index (χ1n) is 9.33. The topological polar surface area (TPSA) is 55.7 Å². The SMILES string of the molecule is CN(C)c1cc(N(C2CC2)C2CCN(C3CCC3O)CC2)ncn1. The van der Waals surface area contributed by atoms with Gasteiger partial charge in [-0.05, 0) is 38.5 Å². The molecular formula is C18H29N5O. The van der Waals surface area contributed by atoms with Crippen LogP contribution in [0, 0.1) is 0 Å². The monoisotopic (exact) mass is 331 g/mol. The largest absolute Gasteiger partial charge is 0.391 e. The van der Waals surface area contributed by atoms with Gasteiger partial charge in [-0.2, -0.15) is 0 Å². The fourth-order valence-electron chi connectivity index (χ4n) is 4.13. The zero-order valence-corrected chi connectivity index (χ0v) is 14.8. The molecule has 6 heteroatoms. The van der Waals surface area contributed by atoms with E-state index in [-0.39, 0.29) is 6.10 Å². The van der Waals surface area contributed by atoms with Gasteiger partial charge in [-0.15, -0.1) is 0 Å². The highest BCUT2D eigenvalue weighted by Gasteiger charge is 2.40. The average Bonchev–Trinajstić information content (AvgIpc) is 3.40. The lowest BCUT2D eigenvalue weighted by atomic mass is 9.86. The Morgan fingerprint density at radius 1 is 0.958 bits per heavy atom. The van der Waals surface area contributed by atoms with Crippen LogP contribution in [-0.4, -0.2) is 71.4 Å². The maximum atomic E-state index is 9.92. The molecule has 6 nitrogen and oxygen atoms in total. The molecule has 0 radical (unpaired) electrons. The van der Waals surface area contributed by atoms with Crippen molar-refractivity contribution >= 4 is 11.6 Å². The number of anilines is 2. The third-order valence-electron chi connectivity index (χ3n) is 5.87. The lowest BCUT2D eigenvalue weighted by Gasteiger charge is -2.46. The zero-order valence-electron chi connectivity index (χ0n) is 14.8. The Bertz CT molecular complexity index is 568. The van der Waals surface area contributed by atoms with Crippen LogP contribution in [0.3, 0.4) is 0 Å². The molecule has 0 amide bonds. The van der Waals surface area contributed by atoms with Crippen LogP contribution in [0.1, 0.15) is 38.5 Å². The van der Waals surface area contributed by atoms with Crippen LogP contribution in [0.15, 0.2) is 12.4 Å². The van der Waals surface area contributed by atoms with E-state index >= 15 is 0 Å². The van der Waals surface area contributed by atoms with Crippen molar-refractivity contribution in [1.82, 2.24) is 14.9 Å². The van der Waals surface area contributed by atoms with Crippen LogP contribution < -0.4 is 9.80 Å². The van der Waals surface area contributed by atoms with Crippen molar-refractivity contribution in [3.63, 3.8) is 0 Å². The Morgan fingerprint density at radius 2 is 1.62 bits per heavy atom. The van der Waals surface area contributed by atoms with Crippen molar-refractivity contribution < 1.29 is 5.11 Å². The molecule has 2 saturated carbocycles. The van der Waals surface area contributed by atoms with E-state index in [1.54, 1.807) is 6.33 Å². The molecule has 3 fully saturated rings. The highest BCUT2D eigenvalue weighted by Crippen LogP contribution is 2.37. The van der Waals surface area contributed by atoms with E-state index in [2.05, 4.69) is 25.8 Å². The number of aliphatic hydroxyl groups excluding tert-OH is 1. The second-order valence-corrected chi connectivity index (χ2v) is 7.75. The predicted octanol–water partition coefficient (Wildman–Crippen LogP) is 1.50. The summed E-state index contributed by atoms with van der Waals surface area (Å²) in [7, 11) is 4.05. The molecule has 2 heterocycles. The molecule has 2 atom stereocenters. The molecule has 1 aliphatic heterocycles. The molecule has 4 rings (SSSR count). The fraction of sp³-hybridized carbons (Fsp3) is 0.778. The summed E-state index contributed by atoms with van der Waals surface area (Å²) in [6.07, 6.45) is 8.64. The summed E-state index contributed by atoms with van der Waals surface area (Å²) in [5, 5.41) is 9.92. The van der Waals surface area contributed by atoms with Gasteiger partial charge in [-0.1, -0.05) is 0 Å². The molecule has 0 bridgehead atoms. The molecule has 1 N–H and O–H groups in total. The molecule has 24 heavy (non-hydrogen) atoms. The summed E-state index contributed by atoms with van der Waals surface area (Å²) < 4.78 is 0. The number of nitrogens with zero attached hydrogens (tertiary/aromatic N) is 5. The van der Waals surface area contributed by atoms with Gasteiger partial charge in [-0.3, -0.25) is 4.90 Å². The van der Waals surface area contributed by atoms with Crippen molar-refractivity contribution in [2.24, 2.45) is 0 Å². The van der Waals surface area contributed by atoms with E-state index in [0.29, 0.717) is 18.1 Å². The number of piperidine rings is 1. The Kier molecular flexibility index (Phi) is 4.35. The maximum absolute atomic E-state index is 9.92. The smallest absolute Gasteiger partial charge is 0.134 e. The van der Waals surface area contributed by atoms with Gasteiger partial charge in [-0.25, -0.2) is 9.97 Å². The van der Waals surface area contributed by atoms with E-state index in [4.69, 9.17) is 0 Å². The third-order valence-corrected chi connectivity index (χ3v) is 5.87. The minimum atomic E-state index is -0.0920. The van der Waals surface area contributed by atoms with E-state index in [1.165, 1.54) is 25.7 Å². The number of aromatic nitrogens is 2. The van der Waals surface area contributed by atoms with E-state index in [1.807, 2.05) is 19.0 Å². The summed E-state index contributed by atoms with van der Waals surface area (Å²) in [4.78, 5) is 16.0. The molecule has 1 saturated heterocycles. The number of likely N-dealkylation sites (tertiary alicyclic amines) is 1. The summed E-state index contributed by atoms with van der Waals surface area (Å²) in [5.41, 5.74) is 0. The second kappa shape index (κ2) is 6.48. The number of rotatable bonds is 5. The first kappa shape index (κ1) is 16.1. The summed E-state index contributed by atoms with van der Waals surface area (Å²) in [6.45, 7) is 2.20. The minimum absolute atomic E-state index is 0.0920. The highest BCUT2D eigenvalue weighted by atomic mass is 16.3. The molecule has 0 spiro atoms. The van der Waals surface area contributed by atoms with E-state index in [9.17, 15) is 5.11 Å². The van der Waals surface area contributed by atoms with Crippen LogP contribution >= 0.6 is 0 Å². The molecule has 1 aromatic rings. The second-order valence-electron chi connectivity index (χ2n) is 7.75. The Labute approximate surface area is 144 Å². The van der Waals surface area contributed by atoms with Crippen LogP contribution in [0.5, 0.6) is 0 Å². The van der Waals surface area contributed by atoms with Crippen molar-refractivity contribution in [3.05, 3.63) is 12.4 Å². The summed E-state index contributed by atoms with van der Waals surface area (Å²) >= 11 is 0. The predicted molar refractivity (Wildman–Crippen MR) is 95.5 cm³/mol. The Balaban J connectivity index is 1.45. The first-order chi connectivity index (χ1) is 11.6. The molecular weight excluding hydrogens is 302 g/mol. The molecule has 2 aliphatic carbocycles. The number of aliphatic hydroxyl groups is 1. The molecule has 0 aromatic carbocycles. The standard InChI is InChI=1S/C18H29N5O/c1-21(2)17-11-18(20-12-19-17)23(13-3-4-13)14-7-9-22(10-8-14)15-5-6-16(15)24/h11-16,24H,3-10H2,1-2H3. The third kappa shape index (κ3) is 3.09. The van der Waals surface area contributed by atoms with Crippen LogP contribution in [0.25, 0.3) is 0 Å². The highest BCUT2D eigenvalue weighted by molar-refractivity contribution is 5.51. The van der Waals surface area contributed by atoms with Crippen LogP contribution in [-0.2, 0) is 0 Å². The normalized spacial score (nSPS) is 28.5. The summed E-state index contributed by atoms with van der Waals surface area (Å²) in [5.74, 6) is 2.05. The quantitative estimate of drug-likeness (QED) is 0.882. The van der Waals surface area contributed by atoms with Gasteiger partial charge < -0.3 is 14.9 Å². The molecule has 2 unspecified atom stereocenters. The van der Waals surface area contributed by atoms with Crippen molar-refractivity contribution in [2.45, 2.75) is 62.8 Å². The van der Waals surface area contributed by atoms with Crippen LogP contribution in [0.2, 0.25) is 0 Å². The zero-order chi connectivity index (χ0) is 16.7. The fourth-order valence-corrected chi connectivity index (χ4v) is 4.13. The lowest BCUT2D eigenvalue weighted by Crippen LogP contribution is -2.55. The van der Waals surface area contributed by atoms with Crippen molar-refractivity contribution in [3.8, 4) is 0 Å². The van der Waals surface area contributed by atoms with E-state index < -0.39 is 0 Å². The van der Waals surface area contributed by atoms with Crippen molar-refractivity contribution in [2.75, 3.05) is 37.0 Å². The molecule has 3 aliphatic rings. The van der Waals surface area contributed by atoms with Crippen molar-refractivity contribution in [1.29, 1.82) is 0 Å². The maximum Gasteiger partial charge on any atom is 0.134 e. The lowest BCUT2D eigenvalue weighted by molar-refractivity contribution is -0.0301. The minimum Gasteiger partial charge on any atom is -0.391 e. The number of hydrogen-bond donors (Lipinski definition) is 1. The van der Waals surface area contributed by atoms with E-state index in [0.717, 1.165) is 37.6 Å². The first-order valence-corrected chi connectivity index (χ1v) is 9.33. The summed E-state index contributed by atoms with van der Waals surface area (Å²) in [6, 6.07) is 3.76. The van der Waals surface area contributed by atoms with Gasteiger partial charge in [0.2, 0.25) is 0 Å². The Morgan fingerprint density at radius 3 is 2.17 bits per heavy atom. The van der Waals surface area contributed by atoms with Gasteiger partial charge in [0.25, 0.3) is 0 Å². The van der Waals surface area contributed by atoms with Gasteiger partial charge in [0.05, 0.1) is 6.10 Å². The van der Waals surface area contributed by atoms with Gasteiger partial charge in [0.15, 0.2) is 0 Å². The number of hydrogen-bond acceptors (Lipinski definition) is 6.